The third-order valence-corrected chi connectivity index (χ3v) is 6.30. The number of morpholine rings is 1. The molecule has 0 bridgehead atoms. The fourth-order valence-electron chi connectivity index (χ4n) is 4.19. The molecule has 1 heterocycles. The number of alkyl halides is 2. The molecule has 1 aromatic carbocycles. The molecule has 3 fully saturated rings. The lowest BCUT2D eigenvalue weighted by molar-refractivity contribution is -0.135. The van der Waals surface area contributed by atoms with E-state index in [9.17, 15) is 23.2 Å². The summed E-state index contributed by atoms with van der Waals surface area (Å²) in [5.74, 6) is -1.67. The van der Waals surface area contributed by atoms with Crippen LogP contribution in [0.5, 0.6) is 5.75 Å². The fourth-order valence-corrected chi connectivity index (χ4v) is 4.19. The Morgan fingerprint density at radius 3 is 2.61 bits per heavy atom. The van der Waals surface area contributed by atoms with Crippen molar-refractivity contribution in [3.8, 4) is 5.75 Å². The van der Waals surface area contributed by atoms with Gasteiger partial charge in [-0.25, -0.2) is 0 Å². The minimum absolute atomic E-state index is 0.0315. The number of primary amides is 1. The summed E-state index contributed by atoms with van der Waals surface area (Å²) in [6, 6.07) is 3.04. The van der Waals surface area contributed by atoms with Crippen LogP contribution in [0.4, 0.5) is 20.2 Å². The molecule has 2 aliphatic carbocycles. The second kappa shape index (κ2) is 10.0. The minimum atomic E-state index is -3.15. The molecule has 3 N–H and O–H groups in total. The molecule has 9 nitrogen and oxygen atoms in total. The highest BCUT2D eigenvalue weighted by Crippen LogP contribution is 2.36. The molecule has 1 aromatic rings. The number of hydrogen-bond donors (Lipinski definition) is 2. The molecule has 3 amide bonds. The molecule has 1 atom stereocenters. The third-order valence-electron chi connectivity index (χ3n) is 6.30. The number of nitrogens with one attached hydrogen (secondary N) is 1. The first-order valence-corrected chi connectivity index (χ1v) is 11.2. The second-order valence-corrected chi connectivity index (χ2v) is 8.68. The van der Waals surface area contributed by atoms with Crippen molar-refractivity contribution >= 4 is 29.1 Å². The molecule has 0 spiro atoms. The van der Waals surface area contributed by atoms with Gasteiger partial charge in [0.05, 0.1) is 12.3 Å². The average molecular weight is 466 g/mol. The van der Waals surface area contributed by atoms with E-state index in [1.165, 1.54) is 23.1 Å². The van der Waals surface area contributed by atoms with Crippen molar-refractivity contribution in [2.45, 2.75) is 50.8 Å². The van der Waals surface area contributed by atoms with E-state index >= 15 is 0 Å². The number of benzene rings is 1. The predicted octanol–water partition coefficient (Wildman–Crippen LogP) is 1.71. The Bertz CT molecular complexity index is 907. The van der Waals surface area contributed by atoms with Gasteiger partial charge in [0.15, 0.2) is 11.8 Å². The Hall–Kier alpha value is -2.79. The number of nitrogens with zero attached hydrogens (tertiary/aromatic N) is 2. The molecular formula is C22H28F2N4O5. The number of halogens is 2. The molecule has 3 aliphatic rings. The SMILES string of the molecule is NC(=O)[C@@H](C(=O)Nc1ccc(N2CCOCC2=O)cc1OC(F)F)N(CC1CC1)C1CCC1. The van der Waals surface area contributed by atoms with E-state index in [4.69, 9.17) is 10.5 Å². The summed E-state index contributed by atoms with van der Waals surface area (Å²) >= 11 is 0. The molecule has 33 heavy (non-hydrogen) atoms. The van der Waals surface area contributed by atoms with Crippen molar-refractivity contribution in [2.75, 3.05) is 36.5 Å². The monoisotopic (exact) mass is 466 g/mol. The van der Waals surface area contributed by atoms with E-state index in [1.807, 2.05) is 4.90 Å². The number of hydrogen-bond acceptors (Lipinski definition) is 6. The lowest BCUT2D eigenvalue weighted by Crippen LogP contribution is -2.57. The van der Waals surface area contributed by atoms with Crippen LogP contribution in [0.25, 0.3) is 0 Å². The number of ether oxygens (including phenoxy) is 2. The summed E-state index contributed by atoms with van der Waals surface area (Å²) in [6.07, 6.45) is 4.87. The van der Waals surface area contributed by atoms with Crippen LogP contribution in [-0.2, 0) is 19.1 Å². The lowest BCUT2D eigenvalue weighted by Gasteiger charge is -2.40. The predicted molar refractivity (Wildman–Crippen MR) is 115 cm³/mol. The van der Waals surface area contributed by atoms with Crippen LogP contribution in [-0.4, -0.2) is 67.6 Å². The van der Waals surface area contributed by atoms with Crippen molar-refractivity contribution in [3.05, 3.63) is 18.2 Å². The number of carbonyl (C=O) groups is 3. The molecule has 180 valence electrons. The Balaban J connectivity index is 1.56. The summed E-state index contributed by atoms with van der Waals surface area (Å²) in [5.41, 5.74) is 5.92. The maximum Gasteiger partial charge on any atom is 0.387 e. The molecular weight excluding hydrogens is 438 g/mol. The number of nitrogens with two attached hydrogens (primary N) is 1. The number of carbonyl (C=O) groups excluding carboxylic acids is 3. The normalized spacial score (nSPS) is 20.0. The summed E-state index contributed by atoms with van der Waals surface area (Å²) < 4.78 is 35.9. The Kier molecular flexibility index (Phi) is 7.08. The third kappa shape index (κ3) is 5.59. The first kappa shape index (κ1) is 23.4. The number of anilines is 2. The zero-order chi connectivity index (χ0) is 23.5. The zero-order valence-corrected chi connectivity index (χ0v) is 18.2. The van der Waals surface area contributed by atoms with Gasteiger partial charge < -0.3 is 25.4 Å². The van der Waals surface area contributed by atoms with Crippen molar-refractivity contribution < 1.29 is 32.6 Å². The van der Waals surface area contributed by atoms with E-state index in [2.05, 4.69) is 10.1 Å². The van der Waals surface area contributed by atoms with Crippen LogP contribution in [0.1, 0.15) is 32.1 Å². The van der Waals surface area contributed by atoms with E-state index in [0.717, 1.165) is 32.1 Å². The lowest BCUT2D eigenvalue weighted by atomic mass is 9.89. The van der Waals surface area contributed by atoms with Crippen LogP contribution >= 0.6 is 0 Å². The maximum atomic E-state index is 13.1. The van der Waals surface area contributed by atoms with Gasteiger partial charge in [0.1, 0.15) is 6.61 Å². The molecule has 0 radical (unpaired) electrons. The summed E-state index contributed by atoms with van der Waals surface area (Å²) in [5, 5.41) is 2.55. The van der Waals surface area contributed by atoms with Crippen LogP contribution in [0.2, 0.25) is 0 Å². The van der Waals surface area contributed by atoms with Crippen LogP contribution in [0, 0.1) is 5.92 Å². The van der Waals surface area contributed by atoms with Gasteiger partial charge in [0.25, 0.3) is 11.8 Å². The van der Waals surface area contributed by atoms with Gasteiger partial charge >= 0.3 is 6.61 Å². The molecule has 1 aliphatic heterocycles. The van der Waals surface area contributed by atoms with E-state index in [0.29, 0.717) is 24.8 Å². The molecule has 11 heteroatoms. The van der Waals surface area contributed by atoms with Gasteiger partial charge in [-0.05, 0) is 43.7 Å². The molecule has 4 rings (SSSR count). The molecule has 1 saturated heterocycles. The average Bonchev–Trinajstić information content (AvgIpc) is 3.52. The largest absolute Gasteiger partial charge is 0.433 e. The van der Waals surface area contributed by atoms with Crippen LogP contribution in [0.3, 0.4) is 0 Å². The van der Waals surface area contributed by atoms with Gasteiger partial charge in [0, 0.05) is 30.9 Å². The molecule has 2 saturated carbocycles. The topological polar surface area (TPSA) is 114 Å². The summed E-state index contributed by atoms with van der Waals surface area (Å²) in [4.78, 5) is 40.8. The van der Waals surface area contributed by atoms with Gasteiger partial charge in [-0.3, -0.25) is 19.3 Å². The van der Waals surface area contributed by atoms with Crippen molar-refractivity contribution in [2.24, 2.45) is 11.7 Å². The van der Waals surface area contributed by atoms with Gasteiger partial charge in [-0.2, -0.15) is 8.78 Å². The minimum Gasteiger partial charge on any atom is -0.433 e. The van der Waals surface area contributed by atoms with E-state index < -0.39 is 24.5 Å². The van der Waals surface area contributed by atoms with Crippen LogP contribution in [0.15, 0.2) is 18.2 Å². The highest BCUT2D eigenvalue weighted by molar-refractivity contribution is 6.10. The number of rotatable bonds is 10. The quantitative estimate of drug-likeness (QED) is 0.508. The van der Waals surface area contributed by atoms with E-state index in [-0.39, 0.29) is 36.5 Å². The maximum absolute atomic E-state index is 13.1. The van der Waals surface area contributed by atoms with Gasteiger partial charge in [0.2, 0.25) is 5.91 Å². The van der Waals surface area contributed by atoms with Crippen molar-refractivity contribution in [1.82, 2.24) is 4.90 Å². The first-order valence-electron chi connectivity index (χ1n) is 11.2. The van der Waals surface area contributed by atoms with E-state index in [1.54, 1.807) is 0 Å². The Morgan fingerprint density at radius 1 is 1.27 bits per heavy atom. The first-order chi connectivity index (χ1) is 15.8. The number of amides is 3. The van der Waals surface area contributed by atoms with Gasteiger partial charge in [-0.15, -0.1) is 0 Å². The van der Waals surface area contributed by atoms with Crippen LogP contribution < -0.4 is 20.7 Å². The molecule has 0 unspecified atom stereocenters. The highest BCUT2D eigenvalue weighted by atomic mass is 19.3. The Labute approximate surface area is 190 Å². The smallest absolute Gasteiger partial charge is 0.387 e. The summed E-state index contributed by atoms with van der Waals surface area (Å²) in [7, 11) is 0. The van der Waals surface area contributed by atoms with Gasteiger partial charge in [-0.1, -0.05) is 6.42 Å². The second-order valence-electron chi connectivity index (χ2n) is 8.68. The van der Waals surface area contributed by atoms with Crippen molar-refractivity contribution in [1.29, 1.82) is 0 Å². The highest BCUT2D eigenvalue weighted by Gasteiger charge is 2.41. The standard InChI is InChI=1S/C22H28F2N4O5/c23-22(24)33-17-10-15(27-8-9-32-12-18(27)29)6-7-16(17)26-21(31)19(20(25)30)28(11-13-4-5-13)14-2-1-3-14/h6-7,10,13-14,19,22H,1-5,8-9,11-12H2,(H2,25,30)(H,26,31)/t19-/m0/s1. The van der Waals surface area contributed by atoms with Crippen molar-refractivity contribution in [3.63, 3.8) is 0 Å². The zero-order valence-electron chi connectivity index (χ0n) is 18.2. The molecule has 0 aromatic heterocycles. The Morgan fingerprint density at radius 2 is 2.03 bits per heavy atom. The fraction of sp³-hybridized carbons (Fsp3) is 0.591. The summed E-state index contributed by atoms with van der Waals surface area (Å²) in [6.45, 7) is -2.08.